The summed E-state index contributed by atoms with van der Waals surface area (Å²) in [6.45, 7) is 0. The second kappa shape index (κ2) is 3.54. The van der Waals surface area contributed by atoms with Gasteiger partial charge in [-0.1, -0.05) is 15.9 Å². The lowest BCUT2D eigenvalue weighted by molar-refractivity contribution is 1.43. The fourth-order valence-electron chi connectivity index (χ4n) is 1.60. The first-order chi connectivity index (χ1) is 7.25. The summed E-state index contributed by atoms with van der Waals surface area (Å²) >= 11 is 8.81. The number of fused-ring (bicyclic) bond motifs is 3. The van der Waals surface area contributed by atoms with Crippen molar-refractivity contribution in [2.75, 3.05) is 0 Å². The predicted molar refractivity (Wildman–Crippen MR) is 72.5 cm³/mol. The molecule has 0 amide bonds. The Hall–Kier alpha value is -0.450. The molecular weight excluding hydrogens is 338 g/mol. The van der Waals surface area contributed by atoms with Crippen molar-refractivity contribution in [3.05, 3.63) is 39.4 Å². The topological polar surface area (TPSA) is 12.9 Å². The molecule has 0 unspecified atom stereocenters. The molecule has 2 heterocycles. The van der Waals surface area contributed by atoms with Crippen LogP contribution in [0.1, 0.15) is 0 Å². The predicted octanol–water partition coefficient (Wildman–Crippen LogP) is 4.97. The Balaban J connectivity index is 2.58. The Morgan fingerprint density at radius 2 is 2.00 bits per heavy atom. The molecule has 3 rings (SSSR count). The summed E-state index contributed by atoms with van der Waals surface area (Å²) in [5, 5.41) is 1.21. The van der Waals surface area contributed by atoms with Crippen LogP contribution in [0.2, 0.25) is 0 Å². The zero-order valence-corrected chi connectivity index (χ0v) is 11.5. The summed E-state index contributed by atoms with van der Waals surface area (Å²) < 4.78 is 4.69. The Morgan fingerprint density at radius 3 is 2.87 bits per heavy atom. The zero-order valence-electron chi connectivity index (χ0n) is 7.50. The van der Waals surface area contributed by atoms with Gasteiger partial charge in [-0.25, -0.2) is 0 Å². The molecule has 0 bridgehead atoms. The van der Waals surface area contributed by atoms with Crippen LogP contribution in [0.25, 0.3) is 20.3 Å². The Labute approximate surface area is 107 Å². The molecule has 1 aromatic carbocycles. The summed E-state index contributed by atoms with van der Waals surface area (Å²) in [7, 11) is 0. The highest BCUT2D eigenvalue weighted by atomic mass is 79.9. The SMILES string of the molecule is Brc1ccc2sc3c(Br)ccnc3c2c1. The smallest absolute Gasteiger partial charge is 0.0900 e. The van der Waals surface area contributed by atoms with Gasteiger partial charge in [-0.05, 0) is 40.2 Å². The molecule has 0 saturated heterocycles. The molecule has 0 aliphatic heterocycles. The van der Waals surface area contributed by atoms with Crippen LogP contribution in [0, 0.1) is 0 Å². The third kappa shape index (κ3) is 1.51. The van der Waals surface area contributed by atoms with Gasteiger partial charge in [-0.2, -0.15) is 0 Å². The molecule has 1 nitrogen and oxygen atoms in total. The molecule has 2 aromatic heterocycles. The average Bonchev–Trinajstić information content (AvgIpc) is 2.58. The van der Waals surface area contributed by atoms with E-state index in [1.54, 1.807) is 11.3 Å². The standard InChI is InChI=1S/C11H5Br2NS/c12-6-1-2-9-7(5-6)10-11(15-9)8(13)3-4-14-10/h1-5H. The maximum atomic E-state index is 4.43. The minimum atomic E-state index is 1.07. The lowest BCUT2D eigenvalue weighted by Crippen LogP contribution is -1.73. The maximum absolute atomic E-state index is 4.43. The van der Waals surface area contributed by atoms with E-state index in [0.29, 0.717) is 0 Å². The van der Waals surface area contributed by atoms with Gasteiger partial charge in [0.1, 0.15) is 0 Å². The van der Waals surface area contributed by atoms with E-state index in [-0.39, 0.29) is 0 Å². The minimum Gasteiger partial charge on any atom is -0.255 e. The first kappa shape index (κ1) is 9.75. The second-order valence-corrected chi connectivity index (χ2v) is 6.04. The molecule has 74 valence electrons. The minimum absolute atomic E-state index is 1.07. The molecule has 0 aliphatic rings. The molecule has 0 saturated carbocycles. The summed E-state index contributed by atoms with van der Waals surface area (Å²) in [6.07, 6.45) is 1.83. The molecule has 0 spiro atoms. The van der Waals surface area contributed by atoms with Crippen molar-refractivity contribution in [1.82, 2.24) is 4.98 Å². The molecule has 0 radical (unpaired) electrons. The number of hydrogen-bond acceptors (Lipinski definition) is 2. The van der Waals surface area contributed by atoms with Crippen LogP contribution >= 0.6 is 43.2 Å². The molecule has 0 atom stereocenters. The quantitative estimate of drug-likeness (QED) is 0.561. The van der Waals surface area contributed by atoms with Crippen molar-refractivity contribution in [1.29, 1.82) is 0 Å². The molecule has 0 fully saturated rings. The highest BCUT2D eigenvalue weighted by Gasteiger charge is 2.08. The van der Waals surface area contributed by atoms with Gasteiger partial charge in [0.2, 0.25) is 0 Å². The van der Waals surface area contributed by atoms with Crippen molar-refractivity contribution < 1.29 is 0 Å². The van der Waals surface area contributed by atoms with Crippen LogP contribution < -0.4 is 0 Å². The number of hydrogen-bond donors (Lipinski definition) is 0. The summed E-state index contributed by atoms with van der Waals surface area (Å²) in [6, 6.07) is 8.28. The number of rotatable bonds is 0. The summed E-state index contributed by atoms with van der Waals surface area (Å²) in [4.78, 5) is 4.43. The largest absolute Gasteiger partial charge is 0.255 e. The molecule has 0 aliphatic carbocycles. The van der Waals surface area contributed by atoms with Crippen LogP contribution in [-0.4, -0.2) is 4.98 Å². The van der Waals surface area contributed by atoms with Crippen LogP contribution in [0.15, 0.2) is 39.4 Å². The van der Waals surface area contributed by atoms with Crippen LogP contribution in [0.5, 0.6) is 0 Å². The first-order valence-electron chi connectivity index (χ1n) is 4.38. The normalized spacial score (nSPS) is 11.3. The number of nitrogens with zero attached hydrogens (tertiary/aromatic N) is 1. The van der Waals surface area contributed by atoms with Gasteiger partial charge < -0.3 is 0 Å². The van der Waals surface area contributed by atoms with Gasteiger partial charge in [0.25, 0.3) is 0 Å². The van der Waals surface area contributed by atoms with E-state index < -0.39 is 0 Å². The second-order valence-electron chi connectivity index (χ2n) is 3.21. The Kier molecular flexibility index (Phi) is 2.30. The molecule has 15 heavy (non-hydrogen) atoms. The van der Waals surface area contributed by atoms with E-state index in [4.69, 9.17) is 0 Å². The van der Waals surface area contributed by atoms with Crippen molar-refractivity contribution in [2.45, 2.75) is 0 Å². The summed E-state index contributed by atoms with van der Waals surface area (Å²) in [5.41, 5.74) is 1.07. The van der Waals surface area contributed by atoms with Gasteiger partial charge in [0, 0.05) is 25.2 Å². The van der Waals surface area contributed by atoms with Crippen LogP contribution in [0.3, 0.4) is 0 Å². The van der Waals surface area contributed by atoms with Crippen molar-refractivity contribution in [3.8, 4) is 0 Å². The van der Waals surface area contributed by atoms with Gasteiger partial charge in [-0.3, -0.25) is 4.98 Å². The van der Waals surface area contributed by atoms with Crippen molar-refractivity contribution >= 4 is 63.5 Å². The highest BCUT2D eigenvalue weighted by molar-refractivity contribution is 9.11. The highest BCUT2D eigenvalue weighted by Crippen LogP contribution is 2.37. The van der Waals surface area contributed by atoms with E-state index in [9.17, 15) is 0 Å². The van der Waals surface area contributed by atoms with E-state index in [0.717, 1.165) is 14.5 Å². The fourth-order valence-corrected chi connectivity index (χ4v) is 3.56. The maximum Gasteiger partial charge on any atom is 0.0900 e. The Bertz CT molecular complexity index is 660. The third-order valence-electron chi connectivity index (χ3n) is 2.27. The molecule has 0 N–H and O–H groups in total. The lowest BCUT2D eigenvalue weighted by atomic mass is 10.2. The van der Waals surface area contributed by atoms with E-state index >= 15 is 0 Å². The summed E-state index contributed by atoms with van der Waals surface area (Å²) in [5.74, 6) is 0. The number of thiophene rings is 1. The van der Waals surface area contributed by atoms with Gasteiger partial charge in [0.15, 0.2) is 0 Å². The molecular formula is C11H5Br2NS. The number of benzene rings is 1. The lowest BCUT2D eigenvalue weighted by Gasteiger charge is -1.92. The van der Waals surface area contributed by atoms with E-state index in [1.165, 1.54) is 14.8 Å². The van der Waals surface area contributed by atoms with Crippen LogP contribution in [-0.2, 0) is 0 Å². The van der Waals surface area contributed by atoms with Gasteiger partial charge in [-0.15, -0.1) is 11.3 Å². The number of aromatic nitrogens is 1. The zero-order chi connectivity index (χ0) is 10.4. The third-order valence-corrected chi connectivity index (χ3v) is 4.88. The monoisotopic (exact) mass is 341 g/mol. The first-order valence-corrected chi connectivity index (χ1v) is 6.78. The molecule has 4 heteroatoms. The van der Waals surface area contributed by atoms with Crippen LogP contribution in [0.4, 0.5) is 0 Å². The van der Waals surface area contributed by atoms with E-state index in [2.05, 4.69) is 55.0 Å². The average molecular weight is 343 g/mol. The number of halogens is 2. The fraction of sp³-hybridized carbons (Fsp3) is 0. The van der Waals surface area contributed by atoms with Gasteiger partial charge in [0.05, 0.1) is 10.2 Å². The van der Waals surface area contributed by atoms with Crippen molar-refractivity contribution in [3.63, 3.8) is 0 Å². The van der Waals surface area contributed by atoms with E-state index in [1.807, 2.05) is 12.3 Å². The van der Waals surface area contributed by atoms with Gasteiger partial charge >= 0.3 is 0 Å². The number of pyridine rings is 1. The Morgan fingerprint density at radius 1 is 1.13 bits per heavy atom. The molecule has 3 aromatic rings. The van der Waals surface area contributed by atoms with Crippen molar-refractivity contribution in [2.24, 2.45) is 0 Å².